The number of carbonyl (C=O) groups is 2. The molecule has 2 aromatic rings. The molecule has 2 amide bonds. The van der Waals surface area contributed by atoms with Gasteiger partial charge >= 0.3 is 12.0 Å². The van der Waals surface area contributed by atoms with Gasteiger partial charge in [0.1, 0.15) is 0 Å². The number of aromatic nitrogens is 2. The monoisotopic (exact) mass is 286 g/mol. The first-order chi connectivity index (χ1) is 10.0. The summed E-state index contributed by atoms with van der Waals surface area (Å²) < 4.78 is 0. The minimum absolute atomic E-state index is 0.163. The maximum Gasteiger partial charge on any atom is 0.335 e. The summed E-state index contributed by atoms with van der Waals surface area (Å²) in [5, 5.41) is 14.0. The third-order valence-electron chi connectivity index (χ3n) is 2.65. The molecule has 1 aromatic carbocycles. The second kappa shape index (κ2) is 6.47. The molecule has 7 nitrogen and oxygen atoms in total. The average molecular weight is 286 g/mol. The maximum absolute atomic E-state index is 11.7. The van der Waals surface area contributed by atoms with E-state index in [0.717, 1.165) is 5.69 Å². The van der Waals surface area contributed by atoms with Gasteiger partial charge < -0.3 is 15.7 Å². The molecule has 7 heteroatoms. The van der Waals surface area contributed by atoms with Gasteiger partial charge in [0.2, 0.25) is 0 Å². The third-order valence-corrected chi connectivity index (χ3v) is 2.65. The molecule has 0 saturated carbocycles. The van der Waals surface area contributed by atoms with E-state index in [4.69, 9.17) is 5.11 Å². The minimum Gasteiger partial charge on any atom is -0.478 e. The summed E-state index contributed by atoms with van der Waals surface area (Å²) in [6, 6.07) is 5.48. The van der Waals surface area contributed by atoms with Crippen LogP contribution in [0, 0.1) is 6.92 Å². The van der Waals surface area contributed by atoms with E-state index in [9.17, 15) is 9.59 Å². The molecule has 0 spiro atoms. The lowest BCUT2D eigenvalue weighted by Crippen LogP contribution is -2.28. The highest BCUT2D eigenvalue weighted by molar-refractivity contribution is 5.91. The van der Waals surface area contributed by atoms with Gasteiger partial charge in [-0.3, -0.25) is 9.97 Å². The number of aryl methyl sites for hydroxylation is 1. The minimum atomic E-state index is -1.01. The highest BCUT2D eigenvalue weighted by Gasteiger charge is 2.05. The van der Waals surface area contributed by atoms with Gasteiger partial charge in [0.15, 0.2) is 0 Å². The highest BCUT2D eigenvalue weighted by atomic mass is 16.4. The lowest BCUT2D eigenvalue weighted by atomic mass is 10.2. The van der Waals surface area contributed by atoms with Crippen LogP contribution >= 0.6 is 0 Å². The van der Waals surface area contributed by atoms with Gasteiger partial charge in [-0.15, -0.1) is 0 Å². The summed E-state index contributed by atoms with van der Waals surface area (Å²) in [6.07, 6.45) is 3.22. The first kappa shape index (κ1) is 14.4. The molecule has 21 heavy (non-hydrogen) atoms. The van der Waals surface area contributed by atoms with Gasteiger partial charge in [0.05, 0.1) is 29.7 Å². The molecule has 2 rings (SSSR count). The topological polar surface area (TPSA) is 104 Å². The van der Waals surface area contributed by atoms with Crippen molar-refractivity contribution in [1.82, 2.24) is 15.3 Å². The van der Waals surface area contributed by atoms with E-state index in [1.807, 2.05) is 6.92 Å². The smallest absolute Gasteiger partial charge is 0.335 e. The van der Waals surface area contributed by atoms with E-state index in [-0.39, 0.29) is 12.1 Å². The molecule has 0 saturated heterocycles. The zero-order chi connectivity index (χ0) is 15.2. The van der Waals surface area contributed by atoms with Gasteiger partial charge in [-0.25, -0.2) is 9.59 Å². The van der Waals surface area contributed by atoms with Crippen LogP contribution < -0.4 is 10.6 Å². The van der Waals surface area contributed by atoms with Gasteiger partial charge in [-0.05, 0) is 31.2 Å². The van der Waals surface area contributed by atoms with Crippen molar-refractivity contribution < 1.29 is 14.7 Å². The molecule has 0 fully saturated rings. The summed E-state index contributed by atoms with van der Waals surface area (Å²) in [4.78, 5) is 30.6. The fourth-order valence-electron chi connectivity index (χ4n) is 1.55. The molecule has 0 aliphatic carbocycles. The number of nitrogens with zero attached hydrogens (tertiary/aromatic N) is 2. The number of carboxylic acids is 1. The Balaban J connectivity index is 1.86. The van der Waals surface area contributed by atoms with Crippen LogP contribution in [0.25, 0.3) is 0 Å². The Labute approximate surface area is 121 Å². The number of hydrogen-bond acceptors (Lipinski definition) is 4. The molecule has 0 radical (unpaired) electrons. The molecular weight excluding hydrogens is 272 g/mol. The number of urea groups is 1. The summed E-state index contributed by atoms with van der Waals surface area (Å²) in [6.45, 7) is 2.09. The summed E-state index contributed by atoms with van der Waals surface area (Å²) in [5.74, 6) is -1.01. The Bertz CT molecular complexity index is 638. The van der Waals surface area contributed by atoms with E-state index in [1.165, 1.54) is 24.3 Å². The lowest BCUT2D eigenvalue weighted by molar-refractivity contribution is 0.0697. The molecule has 0 bridgehead atoms. The van der Waals surface area contributed by atoms with Crippen LogP contribution in [0.1, 0.15) is 21.7 Å². The van der Waals surface area contributed by atoms with Crippen LogP contribution in [-0.4, -0.2) is 27.1 Å². The van der Waals surface area contributed by atoms with Gasteiger partial charge in [0.25, 0.3) is 0 Å². The maximum atomic E-state index is 11.7. The molecule has 3 N–H and O–H groups in total. The van der Waals surface area contributed by atoms with Crippen LogP contribution in [0.3, 0.4) is 0 Å². The lowest BCUT2D eigenvalue weighted by Gasteiger charge is -2.07. The van der Waals surface area contributed by atoms with Gasteiger partial charge in [-0.1, -0.05) is 0 Å². The van der Waals surface area contributed by atoms with Crippen molar-refractivity contribution in [1.29, 1.82) is 0 Å². The highest BCUT2D eigenvalue weighted by Crippen LogP contribution is 2.09. The molecule has 0 aliphatic rings. The predicted molar refractivity (Wildman–Crippen MR) is 76.0 cm³/mol. The normalized spacial score (nSPS) is 9.95. The van der Waals surface area contributed by atoms with Crippen molar-refractivity contribution >= 4 is 17.7 Å². The Hall–Kier alpha value is -2.96. The summed E-state index contributed by atoms with van der Waals surface area (Å²) >= 11 is 0. The number of amides is 2. The van der Waals surface area contributed by atoms with E-state index in [2.05, 4.69) is 20.6 Å². The first-order valence-electron chi connectivity index (χ1n) is 6.20. The Kier molecular flexibility index (Phi) is 4.45. The predicted octanol–water partition coefficient (Wildman–Crippen LogP) is 1.80. The second-order valence-corrected chi connectivity index (χ2v) is 4.34. The zero-order valence-corrected chi connectivity index (χ0v) is 11.3. The first-order valence-corrected chi connectivity index (χ1v) is 6.20. The Morgan fingerprint density at radius 3 is 2.43 bits per heavy atom. The van der Waals surface area contributed by atoms with Crippen LogP contribution in [0.4, 0.5) is 10.5 Å². The molecule has 0 aliphatic heterocycles. The van der Waals surface area contributed by atoms with Crippen molar-refractivity contribution in [2.75, 3.05) is 5.32 Å². The molecule has 0 unspecified atom stereocenters. The van der Waals surface area contributed by atoms with Crippen molar-refractivity contribution in [3.05, 3.63) is 53.6 Å². The molecule has 1 aromatic heterocycles. The number of benzene rings is 1. The Morgan fingerprint density at radius 1 is 1.14 bits per heavy atom. The quantitative estimate of drug-likeness (QED) is 0.795. The number of rotatable bonds is 4. The molecular formula is C14H14N4O3. The van der Waals surface area contributed by atoms with Crippen LogP contribution in [0.15, 0.2) is 36.7 Å². The third kappa shape index (κ3) is 4.27. The van der Waals surface area contributed by atoms with Crippen LogP contribution in [0.2, 0.25) is 0 Å². The van der Waals surface area contributed by atoms with Crippen LogP contribution in [0.5, 0.6) is 0 Å². The Morgan fingerprint density at radius 2 is 1.86 bits per heavy atom. The number of nitrogens with one attached hydrogen (secondary N) is 2. The van der Waals surface area contributed by atoms with Crippen molar-refractivity contribution in [3.63, 3.8) is 0 Å². The standard InChI is InChI=1S/C14H14N4O3/c1-9-6-16-12(7-15-9)8-17-14(21)18-11-4-2-10(3-5-11)13(19)20/h2-7H,8H2,1H3,(H,19,20)(H2,17,18,21). The van der Waals surface area contributed by atoms with E-state index in [1.54, 1.807) is 12.4 Å². The van der Waals surface area contributed by atoms with E-state index in [0.29, 0.717) is 11.4 Å². The summed E-state index contributed by atoms with van der Waals surface area (Å²) in [5.41, 5.74) is 2.13. The SMILES string of the molecule is Cc1cnc(CNC(=O)Nc2ccc(C(=O)O)cc2)cn1. The van der Waals surface area contributed by atoms with Crippen molar-refractivity contribution in [3.8, 4) is 0 Å². The molecule has 108 valence electrons. The molecule has 0 atom stereocenters. The number of anilines is 1. The fraction of sp³-hybridized carbons (Fsp3) is 0.143. The zero-order valence-electron chi connectivity index (χ0n) is 11.3. The van der Waals surface area contributed by atoms with Crippen molar-refractivity contribution in [2.45, 2.75) is 13.5 Å². The van der Waals surface area contributed by atoms with Gasteiger partial charge in [0, 0.05) is 11.9 Å². The van der Waals surface area contributed by atoms with Gasteiger partial charge in [-0.2, -0.15) is 0 Å². The average Bonchev–Trinajstić information content (AvgIpc) is 2.47. The summed E-state index contributed by atoms with van der Waals surface area (Å²) in [7, 11) is 0. The largest absolute Gasteiger partial charge is 0.478 e. The van der Waals surface area contributed by atoms with E-state index < -0.39 is 12.0 Å². The number of carboxylic acid groups (broad SMARTS) is 1. The van der Waals surface area contributed by atoms with Crippen molar-refractivity contribution in [2.24, 2.45) is 0 Å². The van der Waals surface area contributed by atoms with E-state index >= 15 is 0 Å². The van der Waals surface area contributed by atoms with Crippen LogP contribution in [-0.2, 0) is 6.54 Å². The fourth-order valence-corrected chi connectivity index (χ4v) is 1.55. The molecule has 1 heterocycles. The number of aromatic carboxylic acids is 1. The number of hydrogen-bond donors (Lipinski definition) is 3. The number of carbonyl (C=O) groups excluding carboxylic acids is 1. The second-order valence-electron chi connectivity index (χ2n) is 4.34.